The van der Waals surface area contributed by atoms with E-state index in [0.29, 0.717) is 22.8 Å². The van der Waals surface area contributed by atoms with Crippen LogP contribution in [0.4, 0.5) is 0 Å². The first-order valence-corrected chi connectivity index (χ1v) is 11.9. The van der Waals surface area contributed by atoms with Crippen LogP contribution in [0.2, 0.25) is 0 Å². The van der Waals surface area contributed by atoms with Crippen LogP contribution in [-0.2, 0) is 20.9 Å². The van der Waals surface area contributed by atoms with Gasteiger partial charge in [-0.25, -0.2) is 4.79 Å². The molecule has 2 aliphatic rings. The number of esters is 2. The summed E-state index contributed by atoms with van der Waals surface area (Å²) in [5, 5.41) is 0. The second-order valence-electron chi connectivity index (χ2n) is 8.85. The predicted molar refractivity (Wildman–Crippen MR) is 126 cm³/mol. The highest BCUT2D eigenvalue weighted by molar-refractivity contribution is 5.96. The lowest BCUT2D eigenvalue weighted by molar-refractivity contribution is -0.170. The fraction of sp³-hybridized carbons (Fsp3) is 0.481. The highest BCUT2D eigenvalue weighted by Crippen LogP contribution is 2.49. The van der Waals surface area contributed by atoms with Gasteiger partial charge in [0.05, 0.1) is 19.8 Å². The Morgan fingerprint density at radius 3 is 2.35 bits per heavy atom. The average molecular weight is 469 g/mol. The maximum atomic E-state index is 13.1. The molecule has 182 valence electrons. The summed E-state index contributed by atoms with van der Waals surface area (Å²) in [4.78, 5) is 25.2. The van der Waals surface area contributed by atoms with E-state index in [1.54, 1.807) is 26.4 Å². The lowest BCUT2D eigenvalue weighted by Gasteiger charge is -2.39. The molecule has 1 aliphatic carbocycles. The van der Waals surface area contributed by atoms with Crippen molar-refractivity contribution in [3.8, 4) is 28.4 Å². The molecule has 7 nitrogen and oxygen atoms in total. The van der Waals surface area contributed by atoms with E-state index in [-0.39, 0.29) is 31.3 Å². The number of fused-ring (bicyclic) bond motifs is 1. The molecule has 0 N–H and O–H groups in total. The standard InChI is InChI=1S/C27H32O7/c1-5-17(6-2)34-26(29)27(13-8-14-27)16-33-23-19(11-12-22(30-3)24(23)31-4)18-9-7-10-20-21(18)15-32-25(20)28/h7,9-12,17H,5-6,8,13-16H2,1-4H3. The van der Waals surface area contributed by atoms with Crippen molar-refractivity contribution >= 4 is 11.9 Å². The van der Waals surface area contributed by atoms with E-state index in [4.69, 9.17) is 23.7 Å². The maximum absolute atomic E-state index is 13.1. The predicted octanol–water partition coefficient (Wildman–Crippen LogP) is 5.32. The van der Waals surface area contributed by atoms with Crippen molar-refractivity contribution in [2.45, 2.75) is 58.7 Å². The lowest BCUT2D eigenvalue weighted by atomic mass is 9.69. The molecule has 0 spiro atoms. The summed E-state index contributed by atoms with van der Waals surface area (Å²) in [5.74, 6) is 0.887. The highest BCUT2D eigenvalue weighted by atomic mass is 16.6. The molecule has 1 saturated carbocycles. The number of rotatable bonds is 10. The molecule has 1 fully saturated rings. The Morgan fingerprint density at radius 1 is 1.00 bits per heavy atom. The summed E-state index contributed by atoms with van der Waals surface area (Å²) in [6.07, 6.45) is 3.87. The summed E-state index contributed by atoms with van der Waals surface area (Å²) in [5.41, 5.74) is 2.24. The SMILES string of the molecule is CCC(CC)OC(=O)C1(COc2c(-c3cccc4c3COC4=O)ccc(OC)c2OC)CCC1. The number of carbonyl (C=O) groups is 2. The third-order valence-electron chi connectivity index (χ3n) is 6.95. The molecule has 0 radical (unpaired) electrons. The number of ether oxygens (including phenoxy) is 5. The molecule has 0 saturated heterocycles. The van der Waals surface area contributed by atoms with Gasteiger partial charge in [-0.1, -0.05) is 32.4 Å². The van der Waals surface area contributed by atoms with Crippen LogP contribution in [0.3, 0.4) is 0 Å². The normalized spacial score (nSPS) is 15.9. The van der Waals surface area contributed by atoms with Crippen LogP contribution in [-0.4, -0.2) is 38.9 Å². The van der Waals surface area contributed by atoms with Gasteiger partial charge in [-0.05, 0) is 49.4 Å². The topological polar surface area (TPSA) is 80.3 Å². The van der Waals surface area contributed by atoms with Gasteiger partial charge in [0.2, 0.25) is 5.75 Å². The molecule has 1 aliphatic heterocycles. The van der Waals surface area contributed by atoms with Crippen LogP contribution in [0.15, 0.2) is 30.3 Å². The first kappa shape index (κ1) is 23.9. The summed E-state index contributed by atoms with van der Waals surface area (Å²) in [7, 11) is 3.12. The van der Waals surface area contributed by atoms with E-state index in [1.807, 2.05) is 32.0 Å². The summed E-state index contributed by atoms with van der Waals surface area (Å²) >= 11 is 0. The Labute approximate surface area is 200 Å². The van der Waals surface area contributed by atoms with Crippen molar-refractivity contribution in [2.24, 2.45) is 5.41 Å². The molecule has 0 atom stereocenters. The zero-order valence-electron chi connectivity index (χ0n) is 20.3. The van der Waals surface area contributed by atoms with Gasteiger partial charge >= 0.3 is 11.9 Å². The van der Waals surface area contributed by atoms with Gasteiger partial charge in [0.1, 0.15) is 24.7 Å². The summed E-state index contributed by atoms with van der Waals surface area (Å²) in [6.45, 7) is 4.41. The van der Waals surface area contributed by atoms with E-state index in [1.165, 1.54) is 0 Å². The number of hydrogen-bond donors (Lipinski definition) is 0. The minimum Gasteiger partial charge on any atom is -0.493 e. The Kier molecular flexibility index (Phi) is 7.00. The lowest BCUT2D eigenvalue weighted by Crippen LogP contribution is -2.45. The zero-order chi connectivity index (χ0) is 24.3. The molecule has 2 aromatic carbocycles. The number of benzene rings is 2. The van der Waals surface area contributed by atoms with E-state index >= 15 is 0 Å². The molecular weight excluding hydrogens is 436 g/mol. The van der Waals surface area contributed by atoms with Crippen LogP contribution in [0.5, 0.6) is 17.2 Å². The Bertz CT molecular complexity index is 1070. The molecule has 1 heterocycles. The fourth-order valence-corrected chi connectivity index (χ4v) is 4.61. The smallest absolute Gasteiger partial charge is 0.338 e. The highest BCUT2D eigenvalue weighted by Gasteiger charge is 2.47. The largest absolute Gasteiger partial charge is 0.493 e. The monoisotopic (exact) mass is 468 g/mol. The molecule has 0 unspecified atom stereocenters. The summed E-state index contributed by atoms with van der Waals surface area (Å²) in [6, 6.07) is 9.19. The van der Waals surface area contributed by atoms with Crippen molar-refractivity contribution in [3.63, 3.8) is 0 Å². The van der Waals surface area contributed by atoms with Crippen molar-refractivity contribution in [3.05, 3.63) is 41.5 Å². The third kappa shape index (κ3) is 4.19. The maximum Gasteiger partial charge on any atom is 0.338 e. The van der Waals surface area contributed by atoms with Gasteiger partial charge in [0, 0.05) is 11.1 Å². The first-order chi connectivity index (χ1) is 16.5. The molecule has 4 rings (SSSR count). The van der Waals surface area contributed by atoms with Gasteiger partial charge in [-0.3, -0.25) is 4.79 Å². The molecule has 2 aromatic rings. The van der Waals surface area contributed by atoms with Crippen molar-refractivity contribution in [1.82, 2.24) is 0 Å². The van der Waals surface area contributed by atoms with Crippen molar-refractivity contribution in [1.29, 1.82) is 0 Å². The molecule has 34 heavy (non-hydrogen) atoms. The fourth-order valence-electron chi connectivity index (χ4n) is 4.61. The summed E-state index contributed by atoms with van der Waals surface area (Å²) < 4.78 is 28.6. The van der Waals surface area contributed by atoms with Crippen molar-refractivity contribution < 1.29 is 33.3 Å². The second-order valence-corrected chi connectivity index (χ2v) is 8.85. The van der Waals surface area contributed by atoms with Gasteiger partial charge in [0.15, 0.2) is 11.5 Å². The van der Waals surface area contributed by atoms with E-state index in [2.05, 4.69) is 0 Å². The Hall–Kier alpha value is -3.22. The molecule has 0 bridgehead atoms. The first-order valence-electron chi connectivity index (χ1n) is 11.9. The van der Waals surface area contributed by atoms with Crippen LogP contribution in [0.1, 0.15) is 61.9 Å². The van der Waals surface area contributed by atoms with Gasteiger partial charge in [-0.2, -0.15) is 0 Å². The van der Waals surface area contributed by atoms with E-state index in [0.717, 1.165) is 48.8 Å². The quantitative estimate of drug-likeness (QED) is 0.437. The molecule has 0 amide bonds. The van der Waals surface area contributed by atoms with Gasteiger partial charge in [0.25, 0.3) is 0 Å². The average Bonchev–Trinajstić information content (AvgIpc) is 3.22. The molecule has 0 aromatic heterocycles. The number of methoxy groups -OCH3 is 2. The minimum absolute atomic E-state index is 0.0867. The van der Waals surface area contributed by atoms with Gasteiger partial charge < -0.3 is 23.7 Å². The van der Waals surface area contributed by atoms with Crippen LogP contribution < -0.4 is 14.2 Å². The third-order valence-corrected chi connectivity index (χ3v) is 6.95. The molecular formula is C27H32O7. The minimum atomic E-state index is -0.675. The van der Waals surface area contributed by atoms with Crippen LogP contribution in [0, 0.1) is 5.41 Å². The van der Waals surface area contributed by atoms with Crippen LogP contribution in [0.25, 0.3) is 11.1 Å². The molecule has 7 heteroatoms. The Morgan fingerprint density at radius 2 is 1.74 bits per heavy atom. The second kappa shape index (κ2) is 9.95. The Balaban J connectivity index is 1.70. The van der Waals surface area contributed by atoms with Gasteiger partial charge in [-0.15, -0.1) is 0 Å². The number of carbonyl (C=O) groups excluding carboxylic acids is 2. The number of hydrogen-bond acceptors (Lipinski definition) is 7. The number of cyclic esters (lactones) is 1. The van der Waals surface area contributed by atoms with E-state index < -0.39 is 5.41 Å². The van der Waals surface area contributed by atoms with Crippen molar-refractivity contribution in [2.75, 3.05) is 20.8 Å². The zero-order valence-corrected chi connectivity index (χ0v) is 20.3. The van der Waals surface area contributed by atoms with Crippen LogP contribution >= 0.6 is 0 Å². The van der Waals surface area contributed by atoms with E-state index in [9.17, 15) is 9.59 Å².